The number of para-hydroxylation sites is 2. The molecule has 3 nitrogen and oxygen atoms in total. The van der Waals surface area contributed by atoms with Gasteiger partial charge in [-0.25, -0.2) is 4.98 Å². The molecule has 5 aromatic carbocycles. The van der Waals surface area contributed by atoms with Gasteiger partial charge in [-0.3, -0.25) is 4.57 Å². The van der Waals surface area contributed by atoms with Crippen LogP contribution in [0.15, 0.2) is 102 Å². The van der Waals surface area contributed by atoms with Crippen molar-refractivity contribution < 1.29 is 0 Å². The van der Waals surface area contributed by atoms with Crippen LogP contribution in [-0.4, -0.2) is 14.1 Å². The minimum Gasteiger partial charge on any atom is -0.308 e. The summed E-state index contributed by atoms with van der Waals surface area (Å²) >= 11 is 4.15. The summed E-state index contributed by atoms with van der Waals surface area (Å²) in [6, 6.07) is 35.5. The van der Waals surface area contributed by atoms with Gasteiger partial charge in [0.05, 0.1) is 37.9 Å². The van der Waals surface area contributed by atoms with E-state index in [-0.39, 0.29) is 10.8 Å². The van der Waals surface area contributed by atoms with Crippen LogP contribution in [0, 0.1) is 13.8 Å². The summed E-state index contributed by atoms with van der Waals surface area (Å²) in [5, 5.41) is 2.57. The van der Waals surface area contributed by atoms with E-state index in [2.05, 4.69) is 178 Å². The summed E-state index contributed by atoms with van der Waals surface area (Å²) in [5.41, 5.74) is 13.0. The van der Waals surface area contributed by atoms with Crippen LogP contribution in [0.3, 0.4) is 0 Å². The van der Waals surface area contributed by atoms with Crippen LogP contribution in [0.25, 0.3) is 55.6 Å². The third kappa shape index (κ3) is 4.82. The second-order valence-electron chi connectivity index (χ2n) is 14.4. The Morgan fingerprint density at radius 1 is 0.556 bits per heavy atom. The van der Waals surface area contributed by atoms with Gasteiger partial charge in [-0.1, -0.05) is 90.1 Å². The van der Waals surface area contributed by atoms with Crippen LogP contribution in [0.1, 0.15) is 63.8 Å². The van der Waals surface area contributed by atoms with Gasteiger partial charge in [0, 0.05) is 16.3 Å². The fourth-order valence-electron chi connectivity index (χ4n) is 6.67. The van der Waals surface area contributed by atoms with Crippen molar-refractivity contribution in [3.05, 3.63) is 124 Å². The molecule has 226 valence electrons. The number of hydrogen-bond donors (Lipinski definition) is 0. The molecule has 0 aliphatic rings. The molecule has 0 aliphatic heterocycles. The summed E-state index contributed by atoms with van der Waals surface area (Å²) in [4.78, 5) is 5.21. The Balaban J connectivity index is 1.55. The van der Waals surface area contributed by atoms with Crippen molar-refractivity contribution in [2.24, 2.45) is 0 Å². The number of rotatable bonds is 3. The molecule has 0 bridgehead atoms. The topological polar surface area (TPSA) is 22.8 Å². The molecular formula is C41H40BrN3. The van der Waals surface area contributed by atoms with Crippen molar-refractivity contribution in [1.82, 2.24) is 14.1 Å². The first-order valence-corrected chi connectivity index (χ1v) is 16.6. The highest BCUT2D eigenvalue weighted by Crippen LogP contribution is 2.42. The molecule has 7 aromatic rings. The molecule has 45 heavy (non-hydrogen) atoms. The molecule has 0 spiro atoms. The van der Waals surface area contributed by atoms with Crippen molar-refractivity contribution >= 4 is 48.8 Å². The second-order valence-corrected chi connectivity index (χ2v) is 15.2. The molecule has 0 aliphatic carbocycles. The zero-order chi connectivity index (χ0) is 31.8. The quantitative estimate of drug-likeness (QED) is 0.186. The van der Waals surface area contributed by atoms with E-state index in [1.807, 2.05) is 0 Å². The smallest absolute Gasteiger partial charge is 0.146 e. The minimum atomic E-state index is 0.0529. The van der Waals surface area contributed by atoms with E-state index >= 15 is 0 Å². The van der Waals surface area contributed by atoms with Crippen LogP contribution in [-0.2, 0) is 10.8 Å². The Hall–Kier alpha value is -4.15. The van der Waals surface area contributed by atoms with Gasteiger partial charge in [-0.2, -0.15) is 0 Å². The monoisotopic (exact) mass is 653 g/mol. The van der Waals surface area contributed by atoms with E-state index in [4.69, 9.17) is 4.98 Å². The van der Waals surface area contributed by atoms with E-state index in [1.165, 1.54) is 49.6 Å². The van der Waals surface area contributed by atoms with Gasteiger partial charge in [0.2, 0.25) is 0 Å². The van der Waals surface area contributed by atoms with Crippen LogP contribution in [0.4, 0.5) is 0 Å². The molecule has 2 aromatic heterocycles. The zero-order valence-corrected chi connectivity index (χ0v) is 29.0. The van der Waals surface area contributed by atoms with E-state index in [0.29, 0.717) is 0 Å². The summed E-state index contributed by atoms with van der Waals surface area (Å²) in [6.45, 7) is 18.1. The molecule has 0 N–H and O–H groups in total. The van der Waals surface area contributed by atoms with Gasteiger partial charge in [-0.05, 0) is 111 Å². The number of aromatic nitrogens is 3. The molecule has 2 heterocycles. The first-order valence-electron chi connectivity index (χ1n) is 15.8. The lowest BCUT2D eigenvalue weighted by atomic mass is 9.85. The summed E-state index contributed by atoms with van der Waals surface area (Å²) in [5.74, 6) is 0.955. The lowest BCUT2D eigenvalue weighted by molar-refractivity contribution is 0.590. The van der Waals surface area contributed by atoms with Crippen LogP contribution < -0.4 is 0 Å². The normalized spacial score (nSPS) is 12.6. The number of benzene rings is 5. The first kappa shape index (κ1) is 29.6. The lowest BCUT2D eigenvalue weighted by Gasteiger charge is -2.20. The lowest BCUT2D eigenvalue weighted by Crippen LogP contribution is -2.10. The SMILES string of the molecule is Cc1cccc(C)c1-c1nc2ccccc2n1-c1cccc(-n2c3ccc(C(C)(C)C)cc3c3cc(C(C)(C)C)ccc32)c1Br. The third-order valence-electron chi connectivity index (χ3n) is 9.20. The first-order chi connectivity index (χ1) is 21.3. The molecule has 0 unspecified atom stereocenters. The predicted octanol–water partition coefficient (Wildman–Crippen LogP) is 11.8. The third-order valence-corrected chi connectivity index (χ3v) is 10.0. The largest absolute Gasteiger partial charge is 0.308 e. The summed E-state index contributed by atoms with van der Waals surface area (Å²) < 4.78 is 5.77. The van der Waals surface area contributed by atoms with Crippen molar-refractivity contribution in [3.63, 3.8) is 0 Å². The fourth-order valence-corrected chi connectivity index (χ4v) is 7.29. The van der Waals surface area contributed by atoms with Crippen molar-refractivity contribution in [2.45, 2.75) is 66.2 Å². The Morgan fingerprint density at radius 3 is 1.62 bits per heavy atom. The van der Waals surface area contributed by atoms with E-state index in [0.717, 1.165) is 32.7 Å². The molecule has 0 fully saturated rings. The van der Waals surface area contributed by atoms with Gasteiger partial charge in [0.1, 0.15) is 5.82 Å². The van der Waals surface area contributed by atoms with Crippen LogP contribution >= 0.6 is 15.9 Å². The maximum atomic E-state index is 5.21. The number of hydrogen-bond acceptors (Lipinski definition) is 1. The zero-order valence-electron chi connectivity index (χ0n) is 27.5. The molecule has 7 rings (SSSR count). The number of nitrogens with zero attached hydrogens (tertiary/aromatic N) is 3. The Kier molecular flexibility index (Phi) is 6.87. The van der Waals surface area contributed by atoms with Gasteiger partial charge in [0.25, 0.3) is 0 Å². The summed E-state index contributed by atoms with van der Waals surface area (Å²) in [7, 11) is 0. The molecule has 0 radical (unpaired) electrons. The molecule has 0 amide bonds. The van der Waals surface area contributed by atoms with Gasteiger partial charge < -0.3 is 4.57 Å². The van der Waals surface area contributed by atoms with Crippen molar-refractivity contribution in [2.75, 3.05) is 0 Å². The van der Waals surface area contributed by atoms with E-state index in [1.54, 1.807) is 0 Å². The van der Waals surface area contributed by atoms with E-state index < -0.39 is 0 Å². The van der Waals surface area contributed by atoms with E-state index in [9.17, 15) is 0 Å². The molecule has 0 saturated heterocycles. The number of halogens is 1. The Morgan fingerprint density at radius 2 is 1.07 bits per heavy atom. The van der Waals surface area contributed by atoms with Crippen LogP contribution in [0.2, 0.25) is 0 Å². The Labute approximate surface area is 274 Å². The highest BCUT2D eigenvalue weighted by atomic mass is 79.9. The molecular weight excluding hydrogens is 614 g/mol. The average molecular weight is 655 g/mol. The van der Waals surface area contributed by atoms with Gasteiger partial charge >= 0.3 is 0 Å². The average Bonchev–Trinajstić information content (AvgIpc) is 3.51. The molecule has 0 saturated carbocycles. The minimum absolute atomic E-state index is 0.0529. The number of fused-ring (bicyclic) bond motifs is 4. The maximum absolute atomic E-state index is 5.21. The molecule has 0 atom stereocenters. The Bertz CT molecular complexity index is 2180. The highest BCUT2D eigenvalue weighted by molar-refractivity contribution is 9.10. The maximum Gasteiger partial charge on any atom is 0.146 e. The highest BCUT2D eigenvalue weighted by Gasteiger charge is 2.24. The van der Waals surface area contributed by atoms with Crippen molar-refractivity contribution in [3.8, 4) is 22.8 Å². The fraction of sp³-hybridized carbons (Fsp3) is 0.244. The molecule has 4 heteroatoms. The standard InChI is InChI=1S/C41H40BrN3/c1-25-13-11-14-26(2)37(25)39-43-31-15-9-10-16-34(31)45(39)36-18-12-17-35(38(36)42)44-32-21-19-27(40(3,4)5)23-29(32)30-24-28(41(6,7)8)20-22-33(30)44/h9-24H,1-8H3. The number of aryl methyl sites for hydroxylation is 2. The number of imidazole rings is 1. The predicted molar refractivity (Wildman–Crippen MR) is 195 cm³/mol. The van der Waals surface area contributed by atoms with Crippen LogP contribution in [0.5, 0.6) is 0 Å². The van der Waals surface area contributed by atoms with Gasteiger partial charge in [0.15, 0.2) is 0 Å². The summed E-state index contributed by atoms with van der Waals surface area (Å²) in [6.07, 6.45) is 0. The second kappa shape index (κ2) is 10.5. The van der Waals surface area contributed by atoms with Gasteiger partial charge in [-0.15, -0.1) is 0 Å². The van der Waals surface area contributed by atoms with Crippen molar-refractivity contribution in [1.29, 1.82) is 0 Å².